The second-order valence-electron chi connectivity index (χ2n) is 7.47. The molecule has 33 heavy (non-hydrogen) atoms. The van der Waals surface area contributed by atoms with Crippen LogP contribution in [0.3, 0.4) is 0 Å². The molecule has 0 unspecified atom stereocenters. The number of aryl methyl sites for hydroxylation is 2. The fourth-order valence-electron chi connectivity index (χ4n) is 2.96. The van der Waals surface area contributed by atoms with Crippen LogP contribution in [0.2, 0.25) is 0 Å². The number of carbonyl (C=O) groups is 2. The first-order valence-corrected chi connectivity index (χ1v) is 11.6. The number of amides is 2. The van der Waals surface area contributed by atoms with Crippen LogP contribution in [0.4, 0.5) is 17.1 Å². The first kappa shape index (κ1) is 23.8. The van der Waals surface area contributed by atoms with E-state index in [1.54, 1.807) is 36.4 Å². The van der Waals surface area contributed by atoms with Crippen molar-refractivity contribution in [2.75, 3.05) is 22.0 Å². The van der Waals surface area contributed by atoms with Gasteiger partial charge in [0.05, 0.1) is 4.90 Å². The average Bonchev–Trinajstić information content (AvgIpc) is 2.75. The summed E-state index contributed by atoms with van der Waals surface area (Å²) in [5.74, 6) is -0.262. The van der Waals surface area contributed by atoms with E-state index in [0.717, 1.165) is 11.1 Å². The summed E-state index contributed by atoms with van der Waals surface area (Å²) in [5.41, 5.74) is 3.61. The van der Waals surface area contributed by atoms with Gasteiger partial charge in [0, 0.05) is 24.0 Å². The molecule has 0 aromatic heterocycles. The zero-order chi connectivity index (χ0) is 24.0. The Balaban J connectivity index is 1.57. The number of anilines is 3. The van der Waals surface area contributed by atoms with Gasteiger partial charge in [-0.25, -0.2) is 8.42 Å². The second kappa shape index (κ2) is 10.2. The lowest BCUT2D eigenvalue weighted by molar-refractivity contribution is -0.118. The summed E-state index contributed by atoms with van der Waals surface area (Å²) in [6.45, 7) is 5.00. The van der Waals surface area contributed by atoms with Crippen LogP contribution < -0.4 is 20.1 Å². The molecule has 0 aliphatic heterocycles. The van der Waals surface area contributed by atoms with E-state index in [4.69, 9.17) is 4.74 Å². The maximum absolute atomic E-state index is 12.6. The van der Waals surface area contributed by atoms with Crippen LogP contribution in [0.5, 0.6) is 5.75 Å². The molecule has 0 fully saturated rings. The van der Waals surface area contributed by atoms with Gasteiger partial charge in [-0.05, 0) is 79.6 Å². The molecule has 0 radical (unpaired) electrons. The SMILES string of the molecule is CC(=O)Nc1cccc(NC(=O)COc2ccc(S(=O)(=O)Nc3ccc(C)c(C)c3)cc2)c1. The third kappa shape index (κ3) is 6.81. The van der Waals surface area contributed by atoms with Crippen molar-refractivity contribution >= 4 is 38.9 Å². The molecule has 3 aromatic rings. The summed E-state index contributed by atoms with van der Waals surface area (Å²) in [6, 6.07) is 17.8. The Morgan fingerprint density at radius 3 is 2.12 bits per heavy atom. The molecule has 0 aliphatic carbocycles. The number of hydrogen-bond acceptors (Lipinski definition) is 5. The third-order valence-corrected chi connectivity index (χ3v) is 6.13. The predicted octanol–water partition coefficient (Wildman–Crippen LogP) is 4.08. The minimum atomic E-state index is -3.76. The Morgan fingerprint density at radius 2 is 1.48 bits per heavy atom. The Labute approximate surface area is 193 Å². The summed E-state index contributed by atoms with van der Waals surface area (Å²) in [5, 5.41) is 5.31. The monoisotopic (exact) mass is 467 g/mol. The van der Waals surface area contributed by atoms with E-state index in [1.165, 1.54) is 31.2 Å². The molecular formula is C24H25N3O5S. The van der Waals surface area contributed by atoms with Gasteiger partial charge in [0.2, 0.25) is 5.91 Å². The number of carbonyl (C=O) groups excluding carboxylic acids is 2. The Kier molecular flexibility index (Phi) is 7.34. The summed E-state index contributed by atoms with van der Waals surface area (Å²) >= 11 is 0. The van der Waals surface area contributed by atoms with Crippen molar-refractivity contribution in [2.24, 2.45) is 0 Å². The molecule has 0 spiro atoms. The maximum Gasteiger partial charge on any atom is 0.262 e. The first-order chi connectivity index (χ1) is 15.6. The maximum atomic E-state index is 12.6. The van der Waals surface area contributed by atoms with Gasteiger partial charge in [0.25, 0.3) is 15.9 Å². The quantitative estimate of drug-likeness (QED) is 0.462. The highest BCUT2D eigenvalue weighted by Crippen LogP contribution is 2.21. The number of sulfonamides is 1. The Morgan fingerprint density at radius 1 is 0.818 bits per heavy atom. The van der Waals surface area contributed by atoms with E-state index in [-0.39, 0.29) is 17.4 Å². The van der Waals surface area contributed by atoms with Gasteiger partial charge in [0.15, 0.2) is 6.61 Å². The molecule has 0 aliphatic rings. The molecular weight excluding hydrogens is 442 g/mol. The molecule has 2 amide bonds. The van der Waals surface area contributed by atoms with Crippen LogP contribution in [-0.2, 0) is 19.6 Å². The lowest BCUT2D eigenvalue weighted by atomic mass is 10.1. The van der Waals surface area contributed by atoms with Crippen molar-refractivity contribution in [3.05, 3.63) is 77.9 Å². The lowest BCUT2D eigenvalue weighted by Crippen LogP contribution is -2.20. The van der Waals surface area contributed by atoms with Crippen LogP contribution >= 0.6 is 0 Å². The highest BCUT2D eigenvalue weighted by Gasteiger charge is 2.15. The standard InChI is InChI=1S/C24H25N3O5S/c1-16-7-8-21(13-17(16)2)27-33(30,31)23-11-9-22(10-12-23)32-15-24(29)26-20-6-4-5-19(14-20)25-18(3)28/h4-14,27H,15H2,1-3H3,(H,25,28)(H,26,29). The summed E-state index contributed by atoms with van der Waals surface area (Å²) in [7, 11) is -3.76. The molecule has 0 heterocycles. The predicted molar refractivity (Wildman–Crippen MR) is 128 cm³/mol. The fraction of sp³-hybridized carbons (Fsp3) is 0.167. The van der Waals surface area contributed by atoms with E-state index in [9.17, 15) is 18.0 Å². The highest BCUT2D eigenvalue weighted by atomic mass is 32.2. The van der Waals surface area contributed by atoms with Crippen molar-refractivity contribution in [1.82, 2.24) is 0 Å². The van der Waals surface area contributed by atoms with Crippen LogP contribution in [0.25, 0.3) is 0 Å². The van der Waals surface area contributed by atoms with Gasteiger partial charge in [-0.2, -0.15) is 0 Å². The van der Waals surface area contributed by atoms with E-state index < -0.39 is 15.9 Å². The first-order valence-electron chi connectivity index (χ1n) is 10.1. The number of hydrogen-bond donors (Lipinski definition) is 3. The van der Waals surface area contributed by atoms with E-state index >= 15 is 0 Å². The van der Waals surface area contributed by atoms with Gasteiger partial charge in [-0.3, -0.25) is 14.3 Å². The molecule has 0 atom stereocenters. The van der Waals surface area contributed by atoms with Gasteiger partial charge < -0.3 is 15.4 Å². The van der Waals surface area contributed by atoms with Gasteiger partial charge >= 0.3 is 0 Å². The molecule has 3 rings (SSSR count). The highest BCUT2D eigenvalue weighted by molar-refractivity contribution is 7.92. The zero-order valence-electron chi connectivity index (χ0n) is 18.5. The fourth-order valence-corrected chi connectivity index (χ4v) is 4.01. The second-order valence-corrected chi connectivity index (χ2v) is 9.16. The van der Waals surface area contributed by atoms with Crippen molar-refractivity contribution in [2.45, 2.75) is 25.7 Å². The minimum Gasteiger partial charge on any atom is -0.484 e. The normalized spacial score (nSPS) is 10.9. The third-order valence-electron chi connectivity index (χ3n) is 4.73. The Hall–Kier alpha value is -3.85. The number of ether oxygens (including phenoxy) is 1. The molecule has 0 bridgehead atoms. The van der Waals surface area contributed by atoms with Crippen LogP contribution in [0, 0.1) is 13.8 Å². The van der Waals surface area contributed by atoms with Crippen LogP contribution in [0.1, 0.15) is 18.1 Å². The molecule has 3 aromatic carbocycles. The number of benzene rings is 3. The Bertz CT molecular complexity index is 1270. The number of rotatable bonds is 8. The molecule has 8 nitrogen and oxygen atoms in total. The molecule has 0 saturated heterocycles. The van der Waals surface area contributed by atoms with Crippen molar-refractivity contribution in [3.63, 3.8) is 0 Å². The molecule has 3 N–H and O–H groups in total. The van der Waals surface area contributed by atoms with E-state index in [1.807, 2.05) is 19.9 Å². The van der Waals surface area contributed by atoms with Crippen LogP contribution in [-0.4, -0.2) is 26.8 Å². The van der Waals surface area contributed by atoms with Gasteiger partial charge in [-0.15, -0.1) is 0 Å². The minimum absolute atomic E-state index is 0.0762. The lowest BCUT2D eigenvalue weighted by Gasteiger charge is -2.11. The van der Waals surface area contributed by atoms with Crippen molar-refractivity contribution in [3.8, 4) is 5.75 Å². The van der Waals surface area contributed by atoms with E-state index in [2.05, 4.69) is 15.4 Å². The van der Waals surface area contributed by atoms with E-state index in [0.29, 0.717) is 22.8 Å². The van der Waals surface area contributed by atoms with Gasteiger partial charge in [-0.1, -0.05) is 12.1 Å². The smallest absolute Gasteiger partial charge is 0.262 e. The molecule has 9 heteroatoms. The zero-order valence-corrected chi connectivity index (χ0v) is 19.3. The topological polar surface area (TPSA) is 114 Å². The van der Waals surface area contributed by atoms with Crippen molar-refractivity contribution < 1.29 is 22.7 Å². The molecule has 172 valence electrons. The van der Waals surface area contributed by atoms with Crippen LogP contribution in [0.15, 0.2) is 71.6 Å². The van der Waals surface area contributed by atoms with Crippen molar-refractivity contribution in [1.29, 1.82) is 0 Å². The summed E-state index contributed by atoms with van der Waals surface area (Å²) in [4.78, 5) is 23.4. The summed E-state index contributed by atoms with van der Waals surface area (Å²) in [6.07, 6.45) is 0. The summed E-state index contributed by atoms with van der Waals surface area (Å²) < 4.78 is 33.3. The van der Waals surface area contributed by atoms with Gasteiger partial charge in [0.1, 0.15) is 5.75 Å². The average molecular weight is 468 g/mol. The number of nitrogens with one attached hydrogen (secondary N) is 3. The molecule has 0 saturated carbocycles. The largest absolute Gasteiger partial charge is 0.484 e.